The summed E-state index contributed by atoms with van der Waals surface area (Å²) < 4.78 is 4.74. The standard InChI is InChI=1S/C12H11NO2S/c1-8-13-11(7-16-8)9-5-3-4-6-10(9)12(14)15-2/h3-7H,1-2H3. The molecule has 0 spiro atoms. The minimum absolute atomic E-state index is 0.332. The van der Waals surface area contributed by atoms with Gasteiger partial charge in [-0.1, -0.05) is 18.2 Å². The van der Waals surface area contributed by atoms with Crippen molar-refractivity contribution in [1.29, 1.82) is 0 Å². The number of ether oxygens (including phenoxy) is 1. The molecule has 1 heterocycles. The van der Waals surface area contributed by atoms with Gasteiger partial charge in [0.15, 0.2) is 0 Å². The number of hydrogen-bond acceptors (Lipinski definition) is 4. The number of carbonyl (C=O) groups excluding carboxylic acids is 1. The van der Waals surface area contributed by atoms with Gasteiger partial charge in [-0.15, -0.1) is 11.3 Å². The zero-order chi connectivity index (χ0) is 11.5. The molecule has 1 aromatic heterocycles. The van der Waals surface area contributed by atoms with Crippen LogP contribution in [0, 0.1) is 6.92 Å². The SMILES string of the molecule is COC(=O)c1ccccc1-c1csc(C)n1. The zero-order valence-electron chi connectivity index (χ0n) is 9.06. The molecular formula is C12H11NO2S. The Kier molecular flexibility index (Phi) is 3.01. The molecule has 2 aromatic rings. The maximum Gasteiger partial charge on any atom is 0.338 e. The molecule has 0 unspecified atom stereocenters. The Morgan fingerprint density at radius 3 is 2.75 bits per heavy atom. The first kappa shape index (κ1) is 10.8. The molecule has 0 radical (unpaired) electrons. The quantitative estimate of drug-likeness (QED) is 0.749. The normalized spacial score (nSPS) is 10.1. The van der Waals surface area contributed by atoms with E-state index in [1.165, 1.54) is 7.11 Å². The molecule has 4 heteroatoms. The van der Waals surface area contributed by atoms with Gasteiger partial charge in [-0.05, 0) is 13.0 Å². The number of rotatable bonds is 2. The lowest BCUT2D eigenvalue weighted by atomic mass is 10.1. The summed E-state index contributed by atoms with van der Waals surface area (Å²) in [4.78, 5) is 15.9. The first-order valence-electron chi connectivity index (χ1n) is 4.82. The van der Waals surface area contributed by atoms with Crippen molar-refractivity contribution < 1.29 is 9.53 Å². The van der Waals surface area contributed by atoms with E-state index in [9.17, 15) is 4.79 Å². The molecule has 0 amide bonds. The van der Waals surface area contributed by atoms with Crippen molar-refractivity contribution in [1.82, 2.24) is 4.98 Å². The Balaban J connectivity index is 2.52. The Labute approximate surface area is 97.7 Å². The lowest BCUT2D eigenvalue weighted by Gasteiger charge is -2.04. The van der Waals surface area contributed by atoms with Gasteiger partial charge in [0.05, 0.1) is 23.4 Å². The molecule has 2 rings (SSSR count). The summed E-state index contributed by atoms with van der Waals surface area (Å²) in [6.45, 7) is 1.94. The van der Waals surface area contributed by atoms with Crippen LogP contribution >= 0.6 is 11.3 Å². The molecule has 16 heavy (non-hydrogen) atoms. The topological polar surface area (TPSA) is 39.2 Å². The van der Waals surface area contributed by atoms with Crippen LogP contribution < -0.4 is 0 Å². The molecule has 0 atom stereocenters. The largest absolute Gasteiger partial charge is 0.465 e. The zero-order valence-corrected chi connectivity index (χ0v) is 9.88. The summed E-state index contributed by atoms with van der Waals surface area (Å²) in [5.74, 6) is -0.332. The van der Waals surface area contributed by atoms with E-state index in [2.05, 4.69) is 4.98 Å². The summed E-state index contributed by atoms with van der Waals surface area (Å²) in [5, 5.41) is 2.92. The molecule has 0 aliphatic heterocycles. The van der Waals surface area contributed by atoms with E-state index in [4.69, 9.17) is 4.74 Å². The fraction of sp³-hybridized carbons (Fsp3) is 0.167. The smallest absolute Gasteiger partial charge is 0.338 e. The average Bonchev–Trinajstić information content (AvgIpc) is 2.75. The van der Waals surface area contributed by atoms with Crippen molar-refractivity contribution in [3.63, 3.8) is 0 Å². The highest BCUT2D eigenvalue weighted by Gasteiger charge is 2.13. The van der Waals surface area contributed by atoms with Crippen LogP contribution in [-0.2, 0) is 4.74 Å². The summed E-state index contributed by atoms with van der Waals surface area (Å²) in [5.41, 5.74) is 2.19. The summed E-state index contributed by atoms with van der Waals surface area (Å²) in [7, 11) is 1.38. The van der Waals surface area contributed by atoms with Gasteiger partial charge in [0.2, 0.25) is 0 Å². The molecule has 0 saturated heterocycles. The number of thiazole rings is 1. The number of hydrogen-bond donors (Lipinski definition) is 0. The van der Waals surface area contributed by atoms with Crippen molar-refractivity contribution in [2.45, 2.75) is 6.92 Å². The first-order valence-corrected chi connectivity index (χ1v) is 5.70. The maximum absolute atomic E-state index is 11.6. The Hall–Kier alpha value is -1.68. The summed E-state index contributed by atoms with van der Waals surface area (Å²) in [6, 6.07) is 7.32. The third kappa shape index (κ3) is 1.97. The van der Waals surface area contributed by atoms with Crippen LogP contribution in [0.3, 0.4) is 0 Å². The molecule has 0 fully saturated rings. The van der Waals surface area contributed by atoms with Gasteiger partial charge in [0, 0.05) is 10.9 Å². The monoisotopic (exact) mass is 233 g/mol. The molecule has 82 valence electrons. The van der Waals surface area contributed by atoms with Crippen molar-refractivity contribution in [3.05, 3.63) is 40.2 Å². The first-order chi connectivity index (χ1) is 7.72. The number of methoxy groups -OCH3 is 1. The Bertz CT molecular complexity index is 519. The van der Waals surface area contributed by atoms with E-state index in [1.54, 1.807) is 17.4 Å². The Morgan fingerprint density at radius 2 is 2.12 bits per heavy atom. The minimum Gasteiger partial charge on any atom is -0.465 e. The predicted molar refractivity (Wildman–Crippen MR) is 63.6 cm³/mol. The van der Waals surface area contributed by atoms with E-state index in [0.29, 0.717) is 5.56 Å². The van der Waals surface area contributed by atoms with Crippen LogP contribution in [0.25, 0.3) is 11.3 Å². The third-order valence-electron chi connectivity index (χ3n) is 2.23. The van der Waals surface area contributed by atoms with Gasteiger partial charge < -0.3 is 4.74 Å². The van der Waals surface area contributed by atoms with Crippen LogP contribution in [0.15, 0.2) is 29.6 Å². The second-order valence-corrected chi connectivity index (χ2v) is 4.35. The molecule has 0 saturated carbocycles. The van der Waals surface area contributed by atoms with E-state index in [0.717, 1.165) is 16.3 Å². The molecule has 3 nitrogen and oxygen atoms in total. The number of nitrogens with zero attached hydrogens (tertiary/aromatic N) is 1. The van der Waals surface area contributed by atoms with E-state index in [-0.39, 0.29) is 5.97 Å². The highest BCUT2D eigenvalue weighted by atomic mass is 32.1. The highest BCUT2D eigenvalue weighted by molar-refractivity contribution is 7.09. The van der Waals surface area contributed by atoms with Gasteiger partial charge in [-0.25, -0.2) is 9.78 Å². The number of esters is 1. The second kappa shape index (κ2) is 4.45. The van der Waals surface area contributed by atoms with Gasteiger partial charge >= 0.3 is 5.97 Å². The Morgan fingerprint density at radius 1 is 1.38 bits per heavy atom. The van der Waals surface area contributed by atoms with Gasteiger partial charge in [0.1, 0.15) is 0 Å². The van der Waals surface area contributed by atoms with Crippen LogP contribution in [0.5, 0.6) is 0 Å². The molecule has 0 aliphatic rings. The summed E-state index contributed by atoms with van der Waals surface area (Å²) >= 11 is 1.56. The fourth-order valence-corrected chi connectivity index (χ4v) is 2.09. The number of benzene rings is 1. The molecule has 0 bridgehead atoms. The average molecular weight is 233 g/mol. The number of aromatic nitrogens is 1. The molecule has 0 N–H and O–H groups in total. The third-order valence-corrected chi connectivity index (χ3v) is 3.00. The van der Waals surface area contributed by atoms with Crippen LogP contribution in [0.4, 0.5) is 0 Å². The van der Waals surface area contributed by atoms with Crippen molar-refractivity contribution >= 4 is 17.3 Å². The molecule has 1 aromatic carbocycles. The van der Waals surface area contributed by atoms with Gasteiger partial charge in [-0.3, -0.25) is 0 Å². The number of carbonyl (C=O) groups is 1. The predicted octanol–water partition coefficient (Wildman–Crippen LogP) is 2.91. The molecular weight excluding hydrogens is 222 g/mol. The van der Waals surface area contributed by atoms with Crippen molar-refractivity contribution in [3.8, 4) is 11.3 Å². The van der Waals surface area contributed by atoms with E-state index >= 15 is 0 Å². The highest BCUT2D eigenvalue weighted by Crippen LogP contribution is 2.25. The fourth-order valence-electron chi connectivity index (χ4n) is 1.48. The van der Waals surface area contributed by atoms with Crippen molar-refractivity contribution in [2.24, 2.45) is 0 Å². The van der Waals surface area contributed by atoms with Crippen LogP contribution in [0.1, 0.15) is 15.4 Å². The van der Waals surface area contributed by atoms with Gasteiger partial charge in [0.25, 0.3) is 0 Å². The van der Waals surface area contributed by atoms with Crippen LogP contribution in [0.2, 0.25) is 0 Å². The van der Waals surface area contributed by atoms with Gasteiger partial charge in [-0.2, -0.15) is 0 Å². The number of aryl methyl sites for hydroxylation is 1. The minimum atomic E-state index is -0.332. The van der Waals surface area contributed by atoms with E-state index in [1.807, 2.05) is 30.5 Å². The van der Waals surface area contributed by atoms with Crippen LogP contribution in [-0.4, -0.2) is 18.1 Å². The lowest BCUT2D eigenvalue weighted by Crippen LogP contribution is -2.03. The summed E-state index contributed by atoms with van der Waals surface area (Å²) in [6.07, 6.45) is 0. The lowest BCUT2D eigenvalue weighted by molar-refractivity contribution is 0.0601. The van der Waals surface area contributed by atoms with Crippen molar-refractivity contribution in [2.75, 3.05) is 7.11 Å². The molecule has 0 aliphatic carbocycles. The maximum atomic E-state index is 11.6. The van der Waals surface area contributed by atoms with E-state index < -0.39 is 0 Å². The second-order valence-electron chi connectivity index (χ2n) is 3.29.